The number of unbranched alkanes of at least 4 members (excludes halogenated alkanes) is 1. The van der Waals surface area contributed by atoms with Gasteiger partial charge in [-0.2, -0.15) is 26.3 Å². The molecule has 11 nitrogen and oxygen atoms in total. The molecule has 274 valence electrons. The lowest BCUT2D eigenvalue weighted by Crippen LogP contribution is -2.56. The number of carbonyl (C=O) groups is 4. The highest BCUT2D eigenvalue weighted by atomic mass is 19.4. The molecule has 1 aromatic heterocycles. The van der Waals surface area contributed by atoms with Gasteiger partial charge in [-0.25, -0.2) is 9.59 Å². The van der Waals surface area contributed by atoms with Gasteiger partial charge >= 0.3 is 24.4 Å². The number of halogens is 6. The smallest absolute Gasteiger partial charge is 0.409 e. The molecule has 2 aromatic rings. The van der Waals surface area contributed by atoms with Gasteiger partial charge in [-0.3, -0.25) is 9.59 Å². The zero-order valence-corrected chi connectivity index (χ0v) is 27.8. The summed E-state index contributed by atoms with van der Waals surface area (Å²) in [4.78, 5) is 57.8. The van der Waals surface area contributed by atoms with E-state index in [1.807, 2.05) is 18.2 Å². The average molecular weight is 707 g/mol. The van der Waals surface area contributed by atoms with Crippen molar-refractivity contribution in [3.8, 4) is 0 Å². The molecule has 4 amide bonds. The number of aromatic amines is 1. The van der Waals surface area contributed by atoms with Gasteiger partial charge in [0.1, 0.15) is 17.7 Å². The van der Waals surface area contributed by atoms with Crippen LogP contribution < -0.4 is 16.4 Å². The Bertz CT molecular complexity index is 1440. The predicted octanol–water partition coefficient (Wildman–Crippen LogP) is 4.58. The number of para-hydroxylation sites is 1. The number of amides is 4. The first kappa shape index (κ1) is 39.4. The van der Waals surface area contributed by atoms with Crippen LogP contribution in [-0.2, 0) is 19.1 Å². The summed E-state index contributed by atoms with van der Waals surface area (Å²) in [7, 11) is 0. The molecule has 1 saturated heterocycles. The van der Waals surface area contributed by atoms with E-state index >= 15 is 0 Å². The highest BCUT2D eigenvalue weighted by Gasteiger charge is 2.62. The number of ether oxygens (including phenoxy) is 1. The maximum Gasteiger partial charge on any atom is 0.409 e. The molecule has 1 aliphatic heterocycles. The molecule has 0 aliphatic carbocycles. The van der Waals surface area contributed by atoms with Gasteiger partial charge in [0.05, 0.1) is 0 Å². The van der Waals surface area contributed by atoms with E-state index in [1.165, 1.54) is 0 Å². The summed E-state index contributed by atoms with van der Waals surface area (Å²) >= 11 is 0. The summed E-state index contributed by atoms with van der Waals surface area (Å²) in [6.45, 7) is 5.53. The molecular weight excluding hydrogens is 662 g/mol. The summed E-state index contributed by atoms with van der Waals surface area (Å²) in [5, 5.41) is 6.14. The molecule has 1 unspecified atom stereocenters. The van der Waals surface area contributed by atoms with Gasteiger partial charge in [-0.05, 0) is 64.6 Å². The minimum atomic E-state index is -5.85. The van der Waals surface area contributed by atoms with E-state index in [0.29, 0.717) is 29.8 Å². The van der Waals surface area contributed by atoms with Crippen molar-refractivity contribution in [2.24, 2.45) is 11.7 Å². The quantitative estimate of drug-likeness (QED) is 0.153. The number of rotatable bonds is 11. The van der Waals surface area contributed by atoms with Crippen molar-refractivity contribution in [1.29, 1.82) is 0 Å². The van der Waals surface area contributed by atoms with Crippen molar-refractivity contribution >= 4 is 34.7 Å². The van der Waals surface area contributed by atoms with Crippen LogP contribution in [0.5, 0.6) is 0 Å². The second-order valence-electron chi connectivity index (χ2n) is 13.1. The molecular formula is C32H44F6N6O5. The summed E-state index contributed by atoms with van der Waals surface area (Å²) in [6.07, 6.45) is -8.87. The highest BCUT2D eigenvalue weighted by molar-refractivity contribution is 5.92. The number of nitrogens with two attached hydrogens (primary N) is 1. The summed E-state index contributed by atoms with van der Waals surface area (Å²) < 4.78 is 84.9. The third-order valence-corrected chi connectivity index (χ3v) is 8.12. The molecule has 3 atom stereocenters. The van der Waals surface area contributed by atoms with E-state index in [0.717, 1.165) is 15.8 Å². The fourth-order valence-corrected chi connectivity index (χ4v) is 5.66. The standard InChI is InChI=1S/C32H44F6N6O5/c1-19(21-18-40-22-11-6-5-10-20(21)22)24(26(45)41-23(12-7-8-13-39)28(47)49-30(2,3)4)42-29(48)44-15-9-14-43(16-17-44)27(46)25(31(33,34)35)32(36,37)38/h5-6,10-11,18-19,23-25,40H,7-9,12-17,39H2,1-4H3,(H,41,45)(H,42,48)/t19-,23?,24+/m0/s1. The number of aromatic nitrogens is 1. The zero-order chi connectivity index (χ0) is 36.7. The minimum Gasteiger partial charge on any atom is -0.458 e. The Morgan fingerprint density at radius 3 is 2.14 bits per heavy atom. The van der Waals surface area contributed by atoms with Crippen molar-refractivity contribution in [1.82, 2.24) is 25.4 Å². The van der Waals surface area contributed by atoms with E-state index in [1.54, 1.807) is 40.0 Å². The SMILES string of the molecule is C[C@@H](c1c[nH]c2ccccc12)[C@@H](NC(=O)N1CCCN(C(=O)C(C(F)(F)F)C(F)(F)F)CC1)C(=O)NC(CCCCN)C(=O)OC(C)(C)C. The van der Waals surface area contributed by atoms with E-state index < -0.39 is 85.3 Å². The highest BCUT2D eigenvalue weighted by Crippen LogP contribution is 2.40. The van der Waals surface area contributed by atoms with E-state index in [-0.39, 0.29) is 19.4 Å². The summed E-state index contributed by atoms with van der Waals surface area (Å²) in [6, 6.07) is 4.03. The number of nitrogens with one attached hydrogen (secondary N) is 3. The lowest BCUT2D eigenvalue weighted by atomic mass is 9.92. The Labute approximate surface area is 280 Å². The van der Waals surface area contributed by atoms with E-state index in [4.69, 9.17) is 10.5 Å². The number of benzene rings is 1. The fourth-order valence-electron chi connectivity index (χ4n) is 5.66. The van der Waals surface area contributed by atoms with Crippen LogP contribution in [0.25, 0.3) is 10.9 Å². The molecule has 17 heteroatoms. The first-order valence-corrected chi connectivity index (χ1v) is 16.0. The van der Waals surface area contributed by atoms with Crippen LogP contribution in [0.2, 0.25) is 0 Å². The van der Waals surface area contributed by atoms with Gasteiger partial charge in [-0.1, -0.05) is 25.1 Å². The Balaban J connectivity index is 1.86. The number of urea groups is 1. The van der Waals surface area contributed by atoms with Crippen molar-refractivity contribution in [3.63, 3.8) is 0 Å². The number of hydrogen-bond acceptors (Lipinski definition) is 6. The Morgan fingerprint density at radius 2 is 1.53 bits per heavy atom. The molecule has 0 radical (unpaired) electrons. The van der Waals surface area contributed by atoms with Crippen LogP contribution in [0.15, 0.2) is 30.5 Å². The zero-order valence-electron chi connectivity index (χ0n) is 27.8. The van der Waals surface area contributed by atoms with Gasteiger partial charge in [0.15, 0.2) is 0 Å². The molecule has 0 saturated carbocycles. The molecule has 3 rings (SSSR count). The molecule has 2 heterocycles. The average Bonchev–Trinajstić information content (AvgIpc) is 3.25. The number of hydrogen-bond donors (Lipinski definition) is 4. The van der Waals surface area contributed by atoms with Crippen LogP contribution in [0.4, 0.5) is 31.1 Å². The van der Waals surface area contributed by atoms with Crippen molar-refractivity contribution in [3.05, 3.63) is 36.0 Å². The second kappa shape index (κ2) is 16.1. The van der Waals surface area contributed by atoms with Gasteiger partial charge in [0.25, 0.3) is 0 Å². The monoisotopic (exact) mass is 706 g/mol. The maximum atomic E-state index is 14.0. The van der Waals surface area contributed by atoms with Gasteiger partial charge < -0.3 is 35.9 Å². The van der Waals surface area contributed by atoms with E-state index in [9.17, 15) is 45.5 Å². The number of fused-ring (bicyclic) bond motifs is 1. The topological polar surface area (TPSA) is 150 Å². The summed E-state index contributed by atoms with van der Waals surface area (Å²) in [5.74, 6) is -8.44. The molecule has 1 aliphatic rings. The Morgan fingerprint density at radius 1 is 0.918 bits per heavy atom. The fraction of sp³-hybridized carbons (Fsp3) is 0.625. The minimum absolute atomic E-state index is 0.113. The van der Waals surface area contributed by atoms with Crippen LogP contribution >= 0.6 is 0 Å². The maximum absolute atomic E-state index is 14.0. The number of esters is 1. The lowest BCUT2D eigenvalue weighted by molar-refractivity contribution is -0.277. The van der Waals surface area contributed by atoms with Gasteiger partial charge in [0, 0.05) is 49.2 Å². The Kier molecular flexibility index (Phi) is 13.0. The molecule has 0 bridgehead atoms. The third kappa shape index (κ3) is 10.7. The van der Waals surface area contributed by atoms with Crippen molar-refractivity contribution in [2.45, 2.75) is 89.3 Å². The van der Waals surface area contributed by atoms with Crippen molar-refractivity contribution in [2.75, 3.05) is 32.7 Å². The van der Waals surface area contributed by atoms with Gasteiger partial charge in [-0.15, -0.1) is 0 Å². The van der Waals surface area contributed by atoms with E-state index in [2.05, 4.69) is 15.6 Å². The number of alkyl halides is 6. The number of carbonyl (C=O) groups excluding carboxylic acids is 4. The lowest BCUT2D eigenvalue weighted by Gasteiger charge is -2.31. The number of H-pyrrole nitrogens is 1. The predicted molar refractivity (Wildman–Crippen MR) is 168 cm³/mol. The van der Waals surface area contributed by atoms with Gasteiger partial charge in [0.2, 0.25) is 17.7 Å². The third-order valence-electron chi connectivity index (χ3n) is 8.12. The Hall–Kier alpha value is -4.02. The first-order valence-electron chi connectivity index (χ1n) is 16.0. The second-order valence-corrected chi connectivity index (χ2v) is 13.1. The van der Waals surface area contributed by atoms with Crippen molar-refractivity contribution < 1.29 is 50.3 Å². The molecule has 0 spiro atoms. The number of nitrogens with zero attached hydrogens (tertiary/aromatic N) is 2. The van der Waals surface area contributed by atoms with Crippen LogP contribution in [-0.4, -0.2) is 101 Å². The molecule has 49 heavy (non-hydrogen) atoms. The largest absolute Gasteiger partial charge is 0.458 e. The molecule has 5 N–H and O–H groups in total. The van der Waals surface area contributed by atoms with Crippen LogP contribution in [0.3, 0.4) is 0 Å². The van der Waals surface area contributed by atoms with Crippen LogP contribution in [0, 0.1) is 5.92 Å². The molecule has 1 fully saturated rings. The summed E-state index contributed by atoms with van der Waals surface area (Å²) in [5.41, 5.74) is 6.17. The first-order chi connectivity index (χ1) is 22.7. The molecule has 1 aromatic carbocycles. The van der Waals surface area contributed by atoms with Crippen LogP contribution in [0.1, 0.15) is 64.9 Å². The normalized spacial score (nSPS) is 16.6.